The second kappa shape index (κ2) is 9.75. The summed E-state index contributed by atoms with van der Waals surface area (Å²) >= 11 is 0. The Kier molecular flexibility index (Phi) is 7.46. The van der Waals surface area contributed by atoms with Crippen LogP contribution < -0.4 is 0 Å². The van der Waals surface area contributed by atoms with Crippen LogP contribution in [0.2, 0.25) is 0 Å². The molecule has 246 valence electrons. The van der Waals surface area contributed by atoms with Crippen molar-refractivity contribution in [3.05, 3.63) is 0 Å². The van der Waals surface area contributed by atoms with Gasteiger partial charge in [-0.1, -0.05) is 27.7 Å². The summed E-state index contributed by atoms with van der Waals surface area (Å²) in [5, 5.41) is 11.8. The van der Waals surface area contributed by atoms with E-state index in [9.17, 15) is 14.7 Å². The van der Waals surface area contributed by atoms with Gasteiger partial charge in [0.25, 0.3) is 0 Å². The van der Waals surface area contributed by atoms with Gasteiger partial charge in [0.1, 0.15) is 11.2 Å². The van der Waals surface area contributed by atoms with E-state index in [0.29, 0.717) is 22.7 Å². The van der Waals surface area contributed by atoms with Gasteiger partial charge in [0.05, 0.1) is 6.10 Å². The standard InChI is InChI=1S/C36H62N2O5/c1-22(37(12)28(40)42-30(2,3)4)27-23(39)20-34(11)25-15-14-24-32(8,9)26(38(13)29(41)43-31(5,6)7)16-17-35(24)21-36(25,35)19-18-33(27,34)10/h22-27,39H,14-21H2,1-13H3/t22-,23+,24?,25?,26?,27?,33?,34-,35?,36?/m0/s1. The molecule has 2 spiro atoms. The van der Waals surface area contributed by atoms with Crippen LogP contribution >= 0.6 is 0 Å². The zero-order valence-electron chi connectivity index (χ0n) is 29.6. The van der Waals surface area contributed by atoms with Crippen LogP contribution in [0.5, 0.6) is 0 Å². The quantitative estimate of drug-likeness (QED) is 0.355. The number of carbonyl (C=O) groups is 2. The van der Waals surface area contributed by atoms with E-state index in [1.165, 1.54) is 32.1 Å². The molecule has 0 aliphatic heterocycles. The second-order valence-electron chi connectivity index (χ2n) is 18.6. The molecule has 0 aromatic rings. The molecule has 0 saturated heterocycles. The Hall–Kier alpha value is -1.50. The first-order valence-corrected chi connectivity index (χ1v) is 17.1. The molecular weight excluding hydrogens is 540 g/mol. The third kappa shape index (κ3) is 4.66. The van der Waals surface area contributed by atoms with Gasteiger partial charge in [-0.05, 0) is 139 Å². The molecule has 5 fully saturated rings. The maximum atomic E-state index is 13.1. The molecule has 2 amide bonds. The van der Waals surface area contributed by atoms with E-state index in [2.05, 4.69) is 34.6 Å². The van der Waals surface area contributed by atoms with E-state index in [0.717, 1.165) is 19.3 Å². The molecule has 7 unspecified atom stereocenters. The van der Waals surface area contributed by atoms with Crippen LogP contribution in [-0.4, -0.2) is 70.6 Å². The maximum Gasteiger partial charge on any atom is 0.410 e. The van der Waals surface area contributed by atoms with Crippen molar-refractivity contribution in [3.8, 4) is 0 Å². The number of amides is 2. The highest BCUT2D eigenvalue weighted by atomic mass is 16.6. The number of fused-ring (bicyclic) bond motifs is 2. The predicted octanol–water partition coefficient (Wildman–Crippen LogP) is 7.89. The summed E-state index contributed by atoms with van der Waals surface area (Å²) in [6.07, 6.45) is 7.98. The van der Waals surface area contributed by atoms with Gasteiger partial charge in [-0.2, -0.15) is 0 Å². The van der Waals surface area contributed by atoms with E-state index in [-0.39, 0.29) is 46.4 Å². The molecule has 0 aromatic carbocycles. The number of hydrogen-bond acceptors (Lipinski definition) is 5. The fraction of sp³-hybridized carbons (Fsp3) is 0.944. The summed E-state index contributed by atoms with van der Waals surface area (Å²) in [6.45, 7) is 23.4. The molecule has 5 aliphatic carbocycles. The van der Waals surface area contributed by atoms with Gasteiger partial charge in [-0.25, -0.2) is 9.59 Å². The van der Waals surface area contributed by atoms with Crippen LogP contribution in [0.25, 0.3) is 0 Å². The number of nitrogens with zero attached hydrogens (tertiary/aromatic N) is 2. The van der Waals surface area contributed by atoms with Crippen molar-refractivity contribution in [1.29, 1.82) is 0 Å². The van der Waals surface area contributed by atoms with Crippen LogP contribution in [0, 0.1) is 44.8 Å². The number of hydrogen-bond donors (Lipinski definition) is 1. The third-order valence-electron chi connectivity index (χ3n) is 14.1. The van der Waals surface area contributed by atoms with Crippen LogP contribution in [0.1, 0.15) is 128 Å². The molecule has 10 atom stereocenters. The smallest absolute Gasteiger partial charge is 0.410 e. The van der Waals surface area contributed by atoms with E-state index >= 15 is 0 Å². The monoisotopic (exact) mass is 602 g/mol. The number of aliphatic hydroxyl groups excluding tert-OH is 1. The zero-order valence-corrected chi connectivity index (χ0v) is 29.6. The van der Waals surface area contributed by atoms with E-state index < -0.39 is 17.3 Å². The fourth-order valence-electron chi connectivity index (χ4n) is 12.2. The lowest BCUT2D eigenvalue weighted by Crippen LogP contribution is -2.61. The first kappa shape index (κ1) is 32.9. The summed E-state index contributed by atoms with van der Waals surface area (Å²) in [6, 6.07) is 0.0477. The highest BCUT2D eigenvalue weighted by molar-refractivity contribution is 5.68. The van der Waals surface area contributed by atoms with Crippen molar-refractivity contribution >= 4 is 12.2 Å². The van der Waals surface area contributed by atoms with Gasteiger partial charge < -0.3 is 24.4 Å². The van der Waals surface area contributed by atoms with Crippen LogP contribution in [0.15, 0.2) is 0 Å². The summed E-state index contributed by atoms with van der Waals surface area (Å²) < 4.78 is 11.5. The molecular formula is C36H62N2O5. The average Bonchev–Trinajstić information content (AvgIpc) is 3.45. The van der Waals surface area contributed by atoms with Gasteiger partial charge in [-0.3, -0.25) is 0 Å². The van der Waals surface area contributed by atoms with Crippen LogP contribution in [0.3, 0.4) is 0 Å². The summed E-state index contributed by atoms with van der Waals surface area (Å²) in [4.78, 5) is 29.9. The largest absolute Gasteiger partial charge is 0.444 e. The van der Waals surface area contributed by atoms with Gasteiger partial charge >= 0.3 is 12.2 Å². The first-order chi connectivity index (χ1) is 19.5. The van der Waals surface area contributed by atoms with Gasteiger partial charge in [0.15, 0.2) is 0 Å². The normalized spacial score (nSPS) is 43.7. The Bertz CT molecular complexity index is 1140. The van der Waals surface area contributed by atoms with Gasteiger partial charge in [0, 0.05) is 32.1 Å². The summed E-state index contributed by atoms with van der Waals surface area (Å²) in [5.41, 5.74) is -0.440. The van der Waals surface area contributed by atoms with Crippen molar-refractivity contribution in [2.45, 2.75) is 157 Å². The Morgan fingerprint density at radius 3 is 1.91 bits per heavy atom. The molecule has 5 rings (SSSR count). The minimum atomic E-state index is -0.553. The van der Waals surface area contributed by atoms with Crippen LogP contribution in [0.4, 0.5) is 9.59 Å². The predicted molar refractivity (Wildman–Crippen MR) is 170 cm³/mol. The van der Waals surface area contributed by atoms with Crippen LogP contribution in [-0.2, 0) is 9.47 Å². The van der Waals surface area contributed by atoms with Crippen molar-refractivity contribution in [2.75, 3.05) is 14.1 Å². The molecule has 1 N–H and O–H groups in total. The number of carbonyl (C=O) groups excluding carboxylic acids is 2. The molecule has 0 bridgehead atoms. The lowest BCUT2D eigenvalue weighted by Gasteiger charge is -2.64. The Morgan fingerprint density at radius 1 is 0.791 bits per heavy atom. The molecule has 7 nitrogen and oxygen atoms in total. The zero-order chi connectivity index (χ0) is 32.3. The van der Waals surface area contributed by atoms with E-state index in [4.69, 9.17) is 9.47 Å². The van der Waals surface area contributed by atoms with Crippen molar-refractivity contribution in [3.63, 3.8) is 0 Å². The number of rotatable bonds is 3. The van der Waals surface area contributed by atoms with Gasteiger partial charge in [0.2, 0.25) is 0 Å². The lowest BCUT2D eigenvalue weighted by molar-refractivity contribution is -0.153. The average molecular weight is 603 g/mol. The highest BCUT2D eigenvalue weighted by Gasteiger charge is 2.83. The Balaban J connectivity index is 1.39. The SMILES string of the molecule is C[C@@H](C1[C@H](O)C[C@@]2(C)C3CCC4C(C)(C)C(N(C)C(=O)OC(C)(C)C)CCC45CC35CCC12C)N(C)C(=O)OC(C)(C)C. The Morgan fingerprint density at radius 2 is 1.33 bits per heavy atom. The van der Waals surface area contributed by atoms with Crippen molar-refractivity contribution in [2.24, 2.45) is 44.8 Å². The number of ether oxygens (including phenoxy) is 2. The second-order valence-corrected chi connectivity index (χ2v) is 18.6. The van der Waals surface area contributed by atoms with Crippen molar-refractivity contribution in [1.82, 2.24) is 9.80 Å². The Labute approximate surface area is 261 Å². The first-order valence-electron chi connectivity index (χ1n) is 17.1. The molecule has 0 aromatic heterocycles. The molecule has 5 saturated carbocycles. The lowest BCUT2D eigenvalue weighted by atomic mass is 9.41. The van der Waals surface area contributed by atoms with Crippen molar-refractivity contribution < 1.29 is 24.2 Å². The van der Waals surface area contributed by atoms with Gasteiger partial charge in [-0.15, -0.1) is 0 Å². The highest BCUT2D eigenvalue weighted by Crippen LogP contribution is 2.89. The molecule has 0 heterocycles. The summed E-state index contributed by atoms with van der Waals surface area (Å²) in [7, 11) is 3.78. The minimum absolute atomic E-state index is 0.00238. The molecule has 7 heteroatoms. The molecule has 0 radical (unpaired) electrons. The number of aliphatic hydroxyl groups is 1. The van der Waals surface area contributed by atoms with E-state index in [1.807, 2.05) is 60.5 Å². The third-order valence-corrected chi connectivity index (χ3v) is 14.1. The maximum absolute atomic E-state index is 13.1. The summed E-state index contributed by atoms with van der Waals surface area (Å²) in [5.74, 6) is 1.16. The van der Waals surface area contributed by atoms with E-state index in [1.54, 1.807) is 4.90 Å². The molecule has 43 heavy (non-hydrogen) atoms. The topological polar surface area (TPSA) is 79.3 Å². The molecule has 5 aliphatic rings. The minimum Gasteiger partial charge on any atom is -0.444 e. The fourth-order valence-corrected chi connectivity index (χ4v) is 12.2.